The first-order valence-electron chi connectivity index (χ1n) is 6.04. The number of halogens is 1. The highest BCUT2D eigenvalue weighted by Crippen LogP contribution is 2.15. The average Bonchev–Trinajstić information content (AvgIpc) is 2.30. The zero-order chi connectivity index (χ0) is 11.8. The zero-order valence-electron chi connectivity index (χ0n) is 10.2. The van der Waals surface area contributed by atoms with Crippen LogP contribution in [0.1, 0.15) is 32.3 Å². The van der Waals surface area contributed by atoms with Crippen LogP contribution in [0.3, 0.4) is 0 Å². The summed E-state index contributed by atoms with van der Waals surface area (Å²) in [6, 6.07) is 8.37. The number of benzene rings is 1. The third kappa shape index (κ3) is 5.02. The van der Waals surface area contributed by atoms with Gasteiger partial charge in [0.1, 0.15) is 5.75 Å². The second-order valence-electron chi connectivity index (χ2n) is 4.22. The Balaban J connectivity index is 2.31. The molecule has 1 atom stereocenters. The van der Waals surface area contributed by atoms with E-state index in [1.54, 1.807) is 0 Å². The fraction of sp³-hybridized carbons (Fsp3) is 0.571. The summed E-state index contributed by atoms with van der Waals surface area (Å²) in [7, 11) is 0. The molecule has 16 heavy (non-hydrogen) atoms. The number of rotatable bonds is 7. The maximum Gasteiger partial charge on any atom is 0.119 e. The van der Waals surface area contributed by atoms with Crippen LogP contribution in [0, 0.1) is 5.92 Å². The first-order chi connectivity index (χ1) is 7.76. The first-order valence-corrected chi connectivity index (χ1v) is 7.16. The quantitative estimate of drug-likeness (QED) is 0.673. The van der Waals surface area contributed by atoms with Gasteiger partial charge in [0, 0.05) is 5.33 Å². The summed E-state index contributed by atoms with van der Waals surface area (Å²) in [5.41, 5.74) is 1.34. The smallest absolute Gasteiger partial charge is 0.119 e. The first kappa shape index (κ1) is 13.6. The van der Waals surface area contributed by atoms with Gasteiger partial charge in [-0.1, -0.05) is 41.9 Å². The normalized spacial score (nSPS) is 12.4. The molecule has 1 aromatic carbocycles. The Kier molecular flexibility index (Phi) is 6.55. The molecule has 90 valence electrons. The predicted molar refractivity (Wildman–Crippen MR) is 73.5 cm³/mol. The van der Waals surface area contributed by atoms with E-state index < -0.39 is 0 Å². The minimum absolute atomic E-state index is 0.730. The monoisotopic (exact) mass is 284 g/mol. The van der Waals surface area contributed by atoms with Crippen molar-refractivity contribution in [1.82, 2.24) is 0 Å². The SMILES string of the molecule is CCc1cccc(OCCC(C)CCBr)c1. The molecule has 2 heteroatoms. The van der Waals surface area contributed by atoms with Gasteiger partial charge in [-0.3, -0.25) is 0 Å². The molecule has 0 N–H and O–H groups in total. The number of hydrogen-bond acceptors (Lipinski definition) is 1. The molecule has 0 aliphatic carbocycles. The van der Waals surface area contributed by atoms with E-state index in [-0.39, 0.29) is 0 Å². The van der Waals surface area contributed by atoms with E-state index >= 15 is 0 Å². The number of alkyl halides is 1. The molecule has 0 spiro atoms. The van der Waals surface area contributed by atoms with Crippen LogP contribution in [0.2, 0.25) is 0 Å². The van der Waals surface area contributed by atoms with Crippen molar-refractivity contribution < 1.29 is 4.74 Å². The molecule has 0 saturated heterocycles. The topological polar surface area (TPSA) is 9.23 Å². The fourth-order valence-corrected chi connectivity index (χ4v) is 2.35. The van der Waals surface area contributed by atoms with Gasteiger partial charge >= 0.3 is 0 Å². The molecule has 0 saturated carbocycles. The van der Waals surface area contributed by atoms with E-state index in [4.69, 9.17) is 4.74 Å². The summed E-state index contributed by atoms with van der Waals surface area (Å²) < 4.78 is 5.75. The van der Waals surface area contributed by atoms with E-state index in [0.29, 0.717) is 0 Å². The standard InChI is InChI=1S/C14H21BrO/c1-3-13-5-4-6-14(11-13)16-10-8-12(2)7-9-15/h4-6,11-12H,3,7-10H2,1-2H3. The Morgan fingerprint density at radius 1 is 1.31 bits per heavy atom. The Hall–Kier alpha value is -0.500. The lowest BCUT2D eigenvalue weighted by atomic mass is 10.1. The van der Waals surface area contributed by atoms with Crippen LogP contribution >= 0.6 is 15.9 Å². The van der Waals surface area contributed by atoms with Gasteiger partial charge in [-0.2, -0.15) is 0 Å². The molecule has 1 unspecified atom stereocenters. The summed E-state index contributed by atoms with van der Waals surface area (Å²) >= 11 is 3.46. The average molecular weight is 285 g/mol. The van der Waals surface area contributed by atoms with Crippen molar-refractivity contribution >= 4 is 15.9 Å². The van der Waals surface area contributed by atoms with Crippen molar-refractivity contribution in [2.75, 3.05) is 11.9 Å². The number of hydrogen-bond donors (Lipinski definition) is 0. The highest BCUT2D eigenvalue weighted by molar-refractivity contribution is 9.09. The Morgan fingerprint density at radius 2 is 2.12 bits per heavy atom. The van der Waals surface area contributed by atoms with E-state index in [0.717, 1.165) is 36.4 Å². The van der Waals surface area contributed by atoms with Crippen LogP contribution in [-0.4, -0.2) is 11.9 Å². The maximum atomic E-state index is 5.75. The van der Waals surface area contributed by atoms with Crippen molar-refractivity contribution in [1.29, 1.82) is 0 Å². The molecule has 0 aliphatic heterocycles. The lowest BCUT2D eigenvalue weighted by Gasteiger charge is -2.11. The largest absolute Gasteiger partial charge is 0.494 e. The molecule has 0 aliphatic rings. The molecule has 0 radical (unpaired) electrons. The zero-order valence-corrected chi connectivity index (χ0v) is 11.8. The van der Waals surface area contributed by atoms with Gasteiger partial charge in [-0.25, -0.2) is 0 Å². The van der Waals surface area contributed by atoms with E-state index in [9.17, 15) is 0 Å². The molecule has 0 heterocycles. The van der Waals surface area contributed by atoms with Crippen LogP contribution in [0.4, 0.5) is 0 Å². The van der Waals surface area contributed by atoms with Crippen LogP contribution in [0.5, 0.6) is 5.75 Å². The van der Waals surface area contributed by atoms with Gasteiger partial charge in [-0.15, -0.1) is 0 Å². The summed E-state index contributed by atoms with van der Waals surface area (Å²) in [5, 5.41) is 1.08. The van der Waals surface area contributed by atoms with Gasteiger partial charge < -0.3 is 4.74 Å². The molecule has 0 fully saturated rings. The molecular formula is C14H21BrO. The third-order valence-corrected chi connectivity index (χ3v) is 3.25. The van der Waals surface area contributed by atoms with Crippen molar-refractivity contribution in [2.24, 2.45) is 5.92 Å². The van der Waals surface area contributed by atoms with Crippen LogP contribution in [-0.2, 0) is 6.42 Å². The highest BCUT2D eigenvalue weighted by Gasteiger charge is 2.01. The van der Waals surface area contributed by atoms with Crippen molar-refractivity contribution in [2.45, 2.75) is 33.1 Å². The van der Waals surface area contributed by atoms with Gasteiger partial charge in [0.15, 0.2) is 0 Å². The van der Waals surface area contributed by atoms with E-state index in [2.05, 4.69) is 48.0 Å². The number of ether oxygens (including phenoxy) is 1. The Morgan fingerprint density at radius 3 is 2.81 bits per heavy atom. The van der Waals surface area contributed by atoms with Gasteiger partial charge in [0.25, 0.3) is 0 Å². The van der Waals surface area contributed by atoms with Crippen molar-refractivity contribution in [3.8, 4) is 5.75 Å². The number of aryl methyl sites for hydroxylation is 1. The van der Waals surface area contributed by atoms with E-state index in [1.807, 2.05) is 6.07 Å². The summed E-state index contributed by atoms with van der Waals surface area (Å²) in [6.45, 7) is 5.26. The lowest BCUT2D eigenvalue weighted by molar-refractivity contribution is 0.282. The Labute approximate surface area is 107 Å². The van der Waals surface area contributed by atoms with Crippen LogP contribution in [0.25, 0.3) is 0 Å². The van der Waals surface area contributed by atoms with Gasteiger partial charge in [0.2, 0.25) is 0 Å². The molecular weight excluding hydrogens is 264 g/mol. The molecule has 0 bridgehead atoms. The van der Waals surface area contributed by atoms with Crippen molar-refractivity contribution in [3.05, 3.63) is 29.8 Å². The molecule has 0 amide bonds. The third-order valence-electron chi connectivity index (χ3n) is 2.79. The summed E-state index contributed by atoms with van der Waals surface area (Å²) in [5.74, 6) is 1.74. The van der Waals surface area contributed by atoms with Crippen LogP contribution in [0.15, 0.2) is 24.3 Å². The molecule has 1 rings (SSSR count). The molecule has 1 nitrogen and oxygen atoms in total. The van der Waals surface area contributed by atoms with Gasteiger partial charge in [-0.05, 0) is 42.9 Å². The minimum Gasteiger partial charge on any atom is -0.494 e. The maximum absolute atomic E-state index is 5.75. The Bertz CT molecular complexity index is 299. The molecule has 0 aromatic heterocycles. The molecule has 1 aromatic rings. The lowest BCUT2D eigenvalue weighted by Crippen LogP contribution is -2.04. The highest BCUT2D eigenvalue weighted by atomic mass is 79.9. The van der Waals surface area contributed by atoms with Crippen LogP contribution < -0.4 is 4.74 Å². The minimum atomic E-state index is 0.730. The summed E-state index contributed by atoms with van der Waals surface area (Å²) in [4.78, 5) is 0. The predicted octanol–water partition coefficient (Wildman–Crippen LogP) is 4.44. The fourth-order valence-electron chi connectivity index (χ4n) is 1.56. The van der Waals surface area contributed by atoms with Crippen molar-refractivity contribution in [3.63, 3.8) is 0 Å². The second kappa shape index (κ2) is 7.72. The summed E-state index contributed by atoms with van der Waals surface area (Å²) in [6.07, 6.45) is 3.41. The van der Waals surface area contributed by atoms with E-state index in [1.165, 1.54) is 12.0 Å². The second-order valence-corrected chi connectivity index (χ2v) is 5.01. The van der Waals surface area contributed by atoms with Gasteiger partial charge in [0.05, 0.1) is 6.61 Å².